The molecular formula is C15H23N5O. The smallest absolute Gasteiger partial charge is 0.227 e. The third-order valence-corrected chi connectivity index (χ3v) is 3.01. The van der Waals surface area contributed by atoms with E-state index in [1.807, 2.05) is 27.1 Å². The second kappa shape index (κ2) is 5.71. The van der Waals surface area contributed by atoms with Gasteiger partial charge in [-0.2, -0.15) is 10.1 Å². The molecule has 1 N–H and O–H groups in total. The molecule has 21 heavy (non-hydrogen) atoms. The van der Waals surface area contributed by atoms with Gasteiger partial charge >= 0.3 is 0 Å². The Kier molecular flexibility index (Phi) is 4.16. The first-order valence-corrected chi connectivity index (χ1v) is 7.10. The summed E-state index contributed by atoms with van der Waals surface area (Å²) in [4.78, 5) is 9.20. The quantitative estimate of drug-likeness (QED) is 0.937. The maximum atomic E-state index is 5.88. The van der Waals surface area contributed by atoms with E-state index in [2.05, 4.69) is 41.2 Å². The Morgan fingerprint density at radius 1 is 1.29 bits per heavy atom. The molecule has 6 nitrogen and oxygen atoms in total. The monoisotopic (exact) mass is 289 g/mol. The van der Waals surface area contributed by atoms with E-state index < -0.39 is 0 Å². The lowest BCUT2D eigenvalue weighted by Crippen LogP contribution is -2.18. The van der Waals surface area contributed by atoms with Crippen molar-refractivity contribution in [1.29, 1.82) is 0 Å². The minimum atomic E-state index is -0.148. The molecule has 0 aliphatic rings. The van der Waals surface area contributed by atoms with E-state index in [9.17, 15) is 0 Å². The molecule has 2 rings (SSSR count). The highest BCUT2D eigenvalue weighted by atomic mass is 16.5. The second-order valence-corrected chi connectivity index (χ2v) is 6.06. The zero-order chi connectivity index (χ0) is 15.6. The van der Waals surface area contributed by atoms with Crippen molar-refractivity contribution in [2.24, 2.45) is 7.05 Å². The Labute approximate surface area is 125 Å². The molecule has 0 fully saturated rings. The van der Waals surface area contributed by atoms with Crippen LogP contribution >= 0.6 is 0 Å². The van der Waals surface area contributed by atoms with Crippen molar-refractivity contribution in [3.8, 4) is 11.6 Å². The number of hydrogen-bond acceptors (Lipinski definition) is 5. The van der Waals surface area contributed by atoms with Crippen LogP contribution in [0.1, 0.15) is 39.1 Å². The lowest BCUT2D eigenvalue weighted by molar-refractivity contribution is 0.442. The maximum absolute atomic E-state index is 5.88. The number of ether oxygens (including phenoxy) is 1. The standard InChI is InChI=1S/C15H23N5O/c1-7-16-12-10(2)13(19-14(18-12)15(3,4)5)21-11-8-17-20(6)9-11/h8-9H,7H2,1-6H3,(H,16,18,19). The topological polar surface area (TPSA) is 64.9 Å². The summed E-state index contributed by atoms with van der Waals surface area (Å²) in [7, 11) is 1.85. The van der Waals surface area contributed by atoms with E-state index in [-0.39, 0.29) is 5.41 Å². The molecular weight excluding hydrogens is 266 g/mol. The Morgan fingerprint density at radius 2 is 2.00 bits per heavy atom. The van der Waals surface area contributed by atoms with Gasteiger partial charge in [-0.25, -0.2) is 4.98 Å². The van der Waals surface area contributed by atoms with E-state index in [4.69, 9.17) is 4.74 Å². The van der Waals surface area contributed by atoms with Gasteiger partial charge < -0.3 is 10.1 Å². The Balaban J connectivity index is 2.45. The normalized spacial score (nSPS) is 11.5. The van der Waals surface area contributed by atoms with Gasteiger partial charge in [0.2, 0.25) is 5.88 Å². The van der Waals surface area contributed by atoms with Gasteiger partial charge in [-0.3, -0.25) is 4.68 Å². The molecule has 0 amide bonds. The summed E-state index contributed by atoms with van der Waals surface area (Å²) in [5, 5.41) is 7.37. The summed E-state index contributed by atoms with van der Waals surface area (Å²) in [5.74, 6) is 2.81. The second-order valence-electron chi connectivity index (χ2n) is 6.06. The molecule has 2 aromatic rings. The highest BCUT2D eigenvalue weighted by molar-refractivity contribution is 5.49. The lowest BCUT2D eigenvalue weighted by atomic mass is 9.95. The molecule has 2 heterocycles. The number of anilines is 1. The van der Waals surface area contributed by atoms with Gasteiger partial charge in [0, 0.05) is 19.0 Å². The predicted octanol–water partition coefficient (Wildman–Crippen LogP) is 3.04. The van der Waals surface area contributed by atoms with Crippen LogP contribution in [-0.4, -0.2) is 26.3 Å². The van der Waals surface area contributed by atoms with Crippen molar-refractivity contribution in [2.75, 3.05) is 11.9 Å². The Morgan fingerprint density at radius 3 is 2.52 bits per heavy atom. The van der Waals surface area contributed by atoms with Crippen LogP contribution in [0.5, 0.6) is 11.6 Å². The number of aryl methyl sites for hydroxylation is 1. The summed E-state index contributed by atoms with van der Waals surface area (Å²) in [6.07, 6.45) is 3.48. The summed E-state index contributed by atoms with van der Waals surface area (Å²) in [5.41, 5.74) is 0.749. The van der Waals surface area contributed by atoms with Crippen LogP contribution in [0.2, 0.25) is 0 Å². The summed E-state index contributed by atoms with van der Waals surface area (Å²) in [6.45, 7) is 11.0. The van der Waals surface area contributed by atoms with Crippen molar-refractivity contribution in [3.63, 3.8) is 0 Å². The van der Waals surface area contributed by atoms with Gasteiger partial charge in [0.25, 0.3) is 0 Å². The molecule has 0 aromatic carbocycles. The Hall–Kier alpha value is -2.11. The van der Waals surface area contributed by atoms with Crippen LogP contribution in [0, 0.1) is 6.92 Å². The van der Waals surface area contributed by atoms with Crippen molar-refractivity contribution >= 4 is 5.82 Å². The van der Waals surface area contributed by atoms with Crippen LogP contribution < -0.4 is 10.1 Å². The number of aromatic nitrogens is 4. The van der Waals surface area contributed by atoms with E-state index in [0.29, 0.717) is 11.6 Å². The summed E-state index contributed by atoms with van der Waals surface area (Å²) >= 11 is 0. The largest absolute Gasteiger partial charge is 0.435 e. The number of nitrogens with zero attached hydrogens (tertiary/aromatic N) is 4. The van der Waals surface area contributed by atoms with E-state index >= 15 is 0 Å². The number of rotatable bonds is 4. The molecule has 6 heteroatoms. The van der Waals surface area contributed by atoms with Gasteiger partial charge in [-0.1, -0.05) is 20.8 Å². The van der Waals surface area contributed by atoms with Crippen molar-refractivity contribution in [3.05, 3.63) is 23.8 Å². The van der Waals surface area contributed by atoms with Crippen LogP contribution in [0.15, 0.2) is 12.4 Å². The molecule has 0 aliphatic heterocycles. The van der Waals surface area contributed by atoms with Gasteiger partial charge in [0.1, 0.15) is 11.6 Å². The highest BCUT2D eigenvalue weighted by Gasteiger charge is 2.22. The highest BCUT2D eigenvalue weighted by Crippen LogP contribution is 2.30. The SMILES string of the molecule is CCNc1nc(C(C)(C)C)nc(Oc2cnn(C)c2)c1C. The average molecular weight is 289 g/mol. The number of hydrogen-bond donors (Lipinski definition) is 1. The molecule has 0 saturated carbocycles. The predicted molar refractivity (Wildman–Crippen MR) is 82.9 cm³/mol. The first-order chi connectivity index (χ1) is 9.81. The molecule has 0 radical (unpaired) electrons. The van der Waals surface area contributed by atoms with E-state index in [0.717, 1.165) is 23.8 Å². The van der Waals surface area contributed by atoms with Crippen LogP contribution in [-0.2, 0) is 12.5 Å². The van der Waals surface area contributed by atoms with Crippen molar-refractivity contribution in [1.82, 2.24) is 19.7 Å². The molecule has 0 spiro atoms. The molecule has 0 aliphatic carbocycles. The summed E-state index contributed by atoms with van der Waals surface area (Å²) in [6, 6.07) is 0. The van der Waals surface area contributed by atoms with Gasteiger partial charge in [-0.05, 0) is 13.8 Å². The minimum absolute atomic E-state index is 0.148. The number of nitrogens with one attached hydrogen (secondary N) is 1. The van der Waals surface area contributed by atoms with Crippen LogP contribution in [0.4, 0.5) is 5.82 Å². The molecule has 114 valence electrons. The van der Waals surface area contributed by atoms with Crippen molar-refractivity contribution < 1.29 is 4.74 Å². The fraction of sp³-hybridized carbons (Fsp3) is 0.533. The molecule has 0 unspecified atom stereocenters. The third kappa shape index (κ3) is 3.51. The third-order valence-electron chi connectivity index (χ3n) is 3.01. The lowest BCUT2D eigenvalue weighted by Gasteiger charge is -2.20. The minimum Gasteiger partial charge on any atom is -0.435 e. The molecule has 0 bridgehead atoms. The van der Waals surface area contributed by atoms with Crippen LogP contribution in [0.25, 0.3) is 0 Å². The molecule has 2 aromatic heterocycles. The fourth-order valence-electron chi connectivity index (χ4n) is 1.83. The van der Waals surface area contributed by atoms with E-state index in [1.165, 1.54) is 0 Å². The molecule has 0 atom stereocenters. The first-order valence-electron chi connectivity index (χ1n) is 7.10. The van der Waals surface area contributed by atoms with Gasteiger partial charge in [0.15, 0.2) is 5.75 Å². The zero-order valence-corrected chi connectivity index (χ0v) is 13.6. The molecule has 0 saturated heterocycles. The van der Waals surface area contributed by atoms with E-state index in [1.54, 1.807) is 10.9 Å². The average Bonchev–Trinajstić information content (AvgIpc) is 2.78. The van der Waals surface area contributed by atoms with Gasteiger partial charge in [0.05, 0.1) is 18.0 Å². The maximum Gasteiger partial charge on any atom is 0.227 e. The van der Waals surface area contributed by atoms with Gasteiger partial charge in [-0.15, -0.1) is 0 Å². The van der Waals surface area contributed by atoms with Crippen molar-refractivity contribution in [2.45, 2.75) is 40.0 Å². The fourth-order valence-corrected chi connectivity index (χ4v) is 1.83. The zero-order valence-electron chi connectivity index (χ0n) is 13.6. The van der Waals surface area contributed by atoms with Crippen LogP contribution in [0.3, 0.4) is 0 Å². The Bertz CT molecular complexity index is 627. The summed E-state index contributed by atoms with van der Waals surface area (Å²) < 4.78 is 7.57. The first kappa shape index (κ1) is 15.3.